The Morgan fingerprint density at radius 1 is 1.33 bits per heavy atom. The first kappa shape index (κ1) is 13.6. The van der Waals surface area contributed by atoms with Crippen molar-refractivity contribution in [3.63, 3.8) is 0 Å². The molecule has 1 amide bonds. The van der Waals surface area contributed by atoms with Gasteiger partial charge in [0.05, 0.1) is 5.54 Å². The molecule has 3 N–H and O–H groups in total. The van der Waals surface area contributed by atoms with Gasteiger partial charge in [-0.2, -0.15) is 0 Å². The summed E-state index contributed by atoms with van der Waals surface area (Å²) in [6.07, 6.45) is 4.98. The number of anilines is 1. The first-order valence-corrected chi connectivity index (χ1v) is 6.88. The number of hydrogen-bond donors (Lipinski definition) is 2. The molecule has 2 aromatic rings. The molecule has 1 heterocycles. The molecule has 0 radical (unpaired) electrons. The van der Waals surface area contributed by atoms with Gasteiger partial charge in [0.25, 0.3) is 0 Å². The van der Waals surface area contributed by atoms with E-state index in [0.29, 0.717) is 18.0 Å². The molecular weight excluding hydrogens is 266 g/mol. The van der Waals surface area contributed by atoms with Crippen molar-refractivity contribution >= 4 is 11.6 Å². The molecule has 1 aromatic heterocycles. The molecule has 1 saturated carbocycles. The van der Waals surface area contributed by atoms with E-state index in [1.807, 2.05) is 30.3 Å². The molecule has 0 saturated heterocycles. The average Bonchev–Trinajstić information content (AvgIpc) is 3.26. The predicted molar refractivity (Wildman–Crippen MR) is 79.8 cm³/mol. The fourth-order valence-corrected chi connectivity index (χ4v) is 1.93. The monoisotopic (exact) mass is 283 g/mol. The smallest absolute Gasteiger partial charge is 0.244 e. The van der Waals surface area contributed by atoms with Crippen LogP contribution in [0.15, 0.2) is 48.8 Å². The highest BCUT2D eigenvalue weighted by Gasteiger charge is 2.45. The summed E-state index contributed by atoms with van der Waals surface area (Å²) in [5.74, 6) is 0.561. The minimum Gasteiger partial charge on any atom is -0.489 e. The van der Waals surface area contributed by atoms with Crippen molar-refractivity contribution in [2.24, 2.45) is 5.73 Å². The van der Waals surface area contributed by atoms with Crippen molar-refractivity contribution in [3.05, 3.63) is 54.4 Å². The Balaban J connectivity index is 1.62. The highest BCUT2D eigenvalue weighted by atomic mass is 16.5. The molecular formula is C16H17N3O2. The highest BCUT2D eigenvalue weighted by molar-refractivity contribution is 6.00. The van der Waals surface area contributed by atoms with E-state index in [9.17, 15) is 4.79 Å². The molecule has 0 unspecified atom stereocenters. The second kappa shape index (κ2) is 5.54. The van der Waals surface area contributed by atoms with Crippen LogP contribution >= 0.6 is 0 Å². The maximum absolute atomic E-state index is 11.9. The predicted octanol–water partition coefficient (Wildman–Crippen LogP) is 2.09. The Bertz CT molecular complexity index is 639. The molecule has 21 heavy (non-hydrogen) atoms. The van der Waals surface area contributed by atoms with Crippen LogP contribution in [0.4, 0.5) is 5.69 Å². The van der Waals surface area contributed by atoms with Gasteiger partial charge in [-0.15, -0.1) is 0 Å². The number of pyridine rings is 1. The van der Waals surface area contributed by atoms with E-state index in [1.165, 1.54) is 0 Å². The van der Waals surface area contributed by atoms with Crippen molar-refractivity contribution in [2.45, 2.75) is 25.0 Å². The van der Waals surface area contributed by atoms with Crippen LogP contribution in [0.5, 0.6) is 5.75 Å². The second-order valence-corrected chi connectivity index (χ2v) is 5.29. The maximum Gasteiger partial charge on any atom is 0.244 e. The zero-order valence-electron chi connectivity index (χ0n) is 11.6. The number of hydrogen-bond acceptors (Lipinski definition) is 4. The van der Waals surface area contributed by atoms with Crippen molar-refractivity contribution in [2.75, 3.05) is 5.32 Å². The van der Waals surface area contributed by atoms with E-state index in [4.69, 9.17) is 10.5 Å². The van der Waals surface area contributed by atoms with Crippen LogP contribution in [0.2, 0.25) is 0 Å². The summed E-state index contributed by atoms with van der Waals surface area (Å²) in [4.78, 5) is 15.9. The topological polar surface area (TPSA) is 77.2 Å². The van der Waals surface area contributed by atoms with Gasteiger partial charge < -0.3 is 15.8 Å². The summed E-state index contributed by atoms with van der Waals surface area (Å²) in [7, 11) is 0. The van der Waals surface area contributed by atoms with Crippen LogP contribution in [-0.4, -0.2) is 16.4 Å². The largest absolute Gasteiger partial charge is 0.489 e. The van der Waals surface area contributed by atoms with E-state index in [0.717, 1.165) is 18.4 Å². The lowest BCUT2D eigenvalue weighted by atomic mass is 10.2. The zero-order chi connectivity index (χ0) is 14.7. The number of rotatable bonds is 5. The average molecular weight is 283 g/mol. The van der Waals surface area contributed by atoms with E-state index < -0.39 is 5.54 Å². The SMILES string of the molecule is NC1(C(=O)Nc2cccc(OCc3cccnc3)c2)CC1. The fraction of sp³-hybridized carbons (Fsp3) is 0.250. The maximum atomic E-state index is 11.9. The normalized spacial score (nSPS) is 15.3. The zero-order valence-corrected chi connectivity index (χ0v) is 11.6. The number of carbonyl (C=O) groups is 1. The Labute approximate surface area is 123 Å². The number of aromatic nitrogens is 1. The van der Waals surface area contributed by atoms with Crippen LogP contribution in [0.3, 0.4) is 0 Å². The van der Waals surface area contributed by atoms with Gasteiger partial charge in [-0.3, -0.25) is 9.78 Å². The summed E-state index contributed by atoms with van der Waals surface area (Å²) in [6, 6.07) is 11.1. The number of nitrogens with one attached hydrogen (secondary N) is 1. The highest BCUT2D eigenvalue weighted by Crippen LogP contribution is 2.33. The lowest BCUT2D eigenvalue weighted by Gasteiger charge is -2.11. The van der Waals surface area contributed by atoms with Gasteiger partial charge in [0.15, 0.2) is 0 Å². The first-order valence-electron chi connectivity index (χ1n) is 6.88. The summed E-state index contributed by atoms with van der Waals surface area (Å²) < 4.78 is 5.69. The van der Waals surface area contributed by atoms with Crippen molar-refractivity contribution in [1.29, 1.82) is 0 Å². The second-order valence-electron chi connectivity index (χ2n) is 5.29. The quantitative estimate of drug-likeness (QED) is 0.881. The van der Waals surface area contributed by atoms with Gasteiger partial charge in [-0.25, -0.2) is 0 Å². The van der Waals surface area contributed by atoms with Gasteiger partial charge in [0.1, 0.15) is 12.4 Å². The molecule has 1 fully saturated rings. The molecule has 1 aliphatic rings. The van der Waals surface area contributed by atoms with E-state index in [1.54, 1.807) is 18.5 Å². The van der Waals surface area contributed by atoms with Crippen LogP contribution in [0.25, 0.3) is 0 Å². The number of amides is 1. The lowest BCUT2D eigenvalue weighted by Crippen LogP contribution is -2.37. The molecule has 0 spiro atoms. The summed E-state index contributed by atoms with van der Waals surface area (Å²) >= 11 is 0. The van der Waals surface area contributed by atoms with E-state index in [2.05, 4.69) is 10.3 Å². The standard InChI is InChI=1S/C16H17N3O2/c17-16(6-7-16)15(20)19-13-4-1-5-14(9-13)21-11-12-3-2-8-18-10-12/h1-5,8-10H,6-7,11,17H2,(H,19,20). The van der Waals surface area contributed by atoms with Gasteiger partial charge in [-0.05, 0) is 31.0 Å². The van der Waals surface area contributed by atoms with Gasteiger partial charge in [-0.1, -0.05) is 12.1 Å². The summed E-state index contributed by atoms with van der Waals surface area (Å²) in [5, 5.41) is 2.83. The van der Waals surface area contributed by atoms with E-state index >= 15 is 0 Å². The van der Waals surface area contributed by atoms with Gasteiger partial charge >= 0.3 is 0 Å². The van der Waals surface area contributed by atoms with Crippen LogP contribution in [0, 0.1) is 0 Å². The Morgan fingerprint density at radius 2 is 2.19 bits per heavy atom. The third-order valence-corrected chi connectivity index (χ3v) is 3.46. The third-order valence-electron chi connectivity index (χ3n) is 3.46. The van der Waals surface area contributed by atoms with Crippen LogP contribution in [-0.2, 0) is 11.4 Å². The molecule has 1 aromatic carbocycles. The molecule has 5 nitrogen and oxygen atoms in total. The lowest BCUT2D eigenvalue weighted by molar-refractivity contribution is -0.118. The number of ether oxygens (including phenoxy) is 1. The van der Waals surface area contributed by atoms with Crippen LogP contribution in [0.1, 0.15) is 18.4 Å². The van der Waals surface area contributed by atoms with E-state index in [-0.39, 0.29) is 5.91 Å². The molecule has 108 valence electrons. The number of carbonyl (C=O) groups excluding carboxylic acids is 1. The molecule has 0 bridgehead atoms. The van der Waals surface area contributed by atoms with Crippen LogP contribution < -0.4 is 15.8 Å². The molecule has 0 atom stereocenters. The molecule has 1 aliphatic carbocycles. The Hall–Kier alpha value is -2.40. The molecule has 0 aliphatic heterocycles. The first-order chi connectivity index (χ1) is 10.2. The van der Waals surface area contributed by atoms with Crippen molar-refractivity contribution in [3.8, 4) is 5.75 Å². The number of nitrogens with zero attached hydrogens (tertiary/aromatic N) is 1. The third kappa shape index (κ3) is 3.38. The summed E-state index contributed by atoms with van der Waals surface area (Å²) in [6.45, 7) is 0.437. The fourth-order valence-electron chi connectivity index (χ4n) is 1.93. The molecule has 3 rings (SSSR count). The van der Waals surface area contributed by atoms with Crippen molar-refractivity contribution in [1.82, 2.24) is 4.98 Å². The van der Waals surface area contributed by atoms with Gasteiger partial charge in [0, 0.05) is 29.7 Å². The minimum atomic E-state index is -0.674. The van der Waals surface area contributed by atoms with Gasteiger partial charge in [0.2, 0.25) is 5.91 Å². The Kier molecular flexibility index (Phi) is 3.58. The van der Waals surface area contributed by atoms with Crippen molar-refractivity contribution < 1.29 is 9.53 Å². The number of nitrogens with two attached hydrogens (primary N) is 1. The Morgan fingerprint density at radius 3 is 2.90 bits per heavy atom. The number of benzene rings is 1. The molecule has 5 heteroatoms. The minimum absolute atomic E-state index is 0.132. The summed E-state index contributed by atoms with van der Waals surface area (Å²) in [5.41, 5.74) is 6.87.